The Kier molecular flexibility index (Phi) is 8.42. The first-order valence-corrected chi connectivity index (χ1v) is 9.88. The zero-order chi connectivity index (χ0) is 20.5. The first-order valence-electron chi connectivity index (χ1n) is 9.12. The number of guanidine groups is 2. The second kappa shape index (κ2) is 10.8. The van der Waals surface area contributed by atoms with Crippen LogP contribution in [0.4, 0.5) is 11.4 Å². The fourth-order valence-corrected chi connectivity index (χ4v) is 3.16. The number of hydrogen-bond donors (Lipinski definition) is 4. The molecule has 6 N–H and O–H groups in total. The maximum atomic E-state index is 7.79. The summed E-state index contributed by atoms with van der Waals surface area (Å²) in [4.78, 5) is 3.54. The van der Waals surface area contributed by atoms with E-state index in [0.717, 1.165) is 37.1 Å². The van der Waals surface area contributed by atoms with Crippen LogP contribution in [0.3, 0.4) is 0 Å². The van der Waals surface area contributed by atoms with Crippen LogP contribution in [0.5, 0.6) is 0 Å². The van der Waals surface area contributed by atoms with Crippen molar-refractivity contribution in [3.05, 3.63) is 58.6 Å². The summed E-state index contributed by atoms with van der Waals surface area (Å²) < 4.78 is 0. The number of halogens is 2. The lowest BCUT2D eigenvalue weighted by Gasteiger charge is -2.24. The zero-order valence-electron chi connectivity index (χ0n) is 15.7. The highest BCUT2D eigenvalue weighted by molar-refractivity contribution is 6.31. The van der Waals surface area contributed by atoms with Gasteiger partial charge in [0.1, 0.15) is 0 Å². The first-order chi connectivity index (χ1) is 13.4. The fourth-order valence-electron chi connectivity index (χ4n) is 2.91. The molecule has 0 saturated heterocycles. The summed E-state index contributed by atoms with van der Waals surface area (Å²) in [5, 5.41) is 16.9. The molecule has 0 aliphatic heterocycles. The van der Waals surface area contributed by atoms with Gasteiger partial charge >= 0.3 is 0 Å². The molecule has 2 aromatic rings. The van der Waals surface area contributed by atoms with Crippen LogP contribution in [-0.2, 0) is 0 Å². The lowest BCUT2D eigenvalue weighted by atomic mass is 10.1. The molecule has 0 radical (unpaired) electrons. The van der Waals surface area contributed by atoms with E-state index in [1.165, 1.54) is 0 Å². The third-order valence-corrected chi connectivity index (χ3v) is 4.88. The number of nitrogens with two attached hydrogens (primary N) is 2. The van der Waals surface area contributed by atoms with E-state index in [4.69, 9.17) is 45.5 Å². The topological polar surface area (TPSA) is 106 Å². The number of nitrogens with one attached hydrogen (secondary N) is 2. The smallest absolute Gasteiger partial charge is 0.192 e. The molecule has 0 unspecified atom stereocenters. The Morgan fingerprint density at radius 2 is 0.964 bits per heavy atom. The molecule has 0 saturated carbocycles. The highest BCUT2D eigenvalue weighted by atomic mass is 35.5. The van der Waals surface area contributed by atoms with Crippen LogP contribution in [0.1, 0.15) is 25.7 Å². The van der Waals surface area contributed by atoms with Gasteiger partial charge in [0, 0.05) is 34.5 Å². The zero-order valence-corrected chi connectivity index (χ0v) is 17.2. The summed E-state index contributed by atoms with van der Waals surface area (Å²) in [6.45, 7) is 1.34. The van der Waals surface area contributed by atoms with Crippen LogP contribution in [0.2, 0.25) is 10.0 Å². The molecule has 0 aromatic heterocycles. The monoisotopic (exact) mass is 420 g/mol. The Labute approximate surface area is 176 Å². The van der Waals surface area contributed by atoms with Crippen LogP contribution in [0, 0.1) is 10.8 Å². The van der Waals surface area contributed by atoms with Gasteiger partial charge in [0.2, 0.25) is 0 Å². The largest absolute Gasteiger partial charge is 0.370 e. The summed E-state index contributed by atoms with van der Waals surface area (Å²) in [5.74, 6) is 0.0423. The number of nitrogens with zero attached hydrogens (tertiary/aromatic N) is 2. The third kappa shape index (κ3) is 6.62. The van der Waals surface area contributed by atoms with E-state index in [1.54, 1.807) is 34.1 Å². The molecule has 2 rings (SSSR count). The third-order valence-electron chi connectivity index (χ3n) is 4.37. The summed E-state index contributed by atoms with van der Waals surface area (Å²) in [6.07, 6.45) is 3.79. The molecule has 28 heavy (non-hydrogen) atoms. The second-order valence-electron chi connectivity index (χ2n) is 6.44. The number of benzene rings is 2. The van der Waals surface area contributed by atoms with Gasteiger partial charge in [0.25, 0.3) is 0 Å². The molecule has 0 bridgehead atoms. The molecular weight excluding hydrogens is 395 g/mol. The molecule has 8 heteroatoms. The van der Waals surface area contributed by atoms with Crippen molar-refractivity contribution in [2.45, 2.75) is 25.7 Å². The number of anilines is 2. The van der Waals surface area contributed by atoms with Crippen LogP contribution >= 0.6 is 23.2 Å². The number of hydrogen-bond acceptors (Lipinski definition) is 2. The Hall–Kier alpha value is -2.44. The molecule has 0 amide bonds. The van der Waals surface area contributed by atoms with Crippen molar-refractivity contribution in [2.24, 2.45) is 11.5 Å². The molecule has 0 aliphatic rings. The molecule has 0 aliphatic carbocycles. The Morgan fingerprint density at radius 1 is 0.643 bits per heavy atom. The highest BCUT2D eigenvalue weighted by Crippen LogP contribution is 2.20. The van der Waals surface area contributed by atoms with E-state index in [2.05, 4.69) is 0 Å². The van der Waals surface area contributed by atoms with Crippen molar-refractivity contribution in [3.63, 3.8) is 0 Å². The predicted molar refractivity (Wildman–Crippen MR) is 120 cm³/mol. The summed E-state index contributed by atoms with van der Waals surface area (Å²) in [6, 6.07) is 14.6. The van der Waals surface area contributed by atoms with Gasteiger partial charge in [-0.2, -0.15) is 0 Å². The Bertz CT molecular complexity index is 709. The molecule has 2 aromatic carbocycles. The highest BCUT2D eigenvalue weighted by Gasteiger charge is 2.11. The van der Waals surface area contributed by atoms with Crippen LogP contribution in [-0.4, -0.2) is 25.0 Å². The Morgan fingerprint density at radius 3 is 1.25 bits per heavy atom. The number of rotatable bonds is 9. The van der Waals surface area contributed by atoms with Crippen LogP contribution in [0.15, 0.2) is 48.5 Å². The maximum Gasteiger partial charge on any atom is 0.192 e. The summed E-state index contributed by atoms with van der Waals surface area (Å²) in [7, 11) is 0. The van der Waals surface area contributed by atoms with Gasteiger partial charge in [-0.1, -0.05) is 36.0 Å². The van der Waals surface area contributed by atoms with Gasteiger partial charge in [-0.3, -0.25) is 10.8 Å². The van der Waals surface area contributed by atoms with Crippen molar-refractivity contribution < 1.29 is 0 Å². The molecule has 6 nitrogen and oxygen atoms in total. The maximum absolute atomic E-state index is 7.79. The van der Waals surface area contributed by atoms with Crippen molar-refractivity contribution in [2.75, 3.05) is 22.9 Å². The average molecular weight is 421 g/mol. The second-order valence-corrected chi connectivity index (χ2v) is 7.31. The predicted octanol–water partition coefficient (Wildman–Crippen LogP) is 4.65. The SMILES string of the molecule is N=C(N)N(CCCCCCN(C(=N)N)c1ccc(Cl)cc1)c1ccc(Cl)cc1. The molecule has 0 heterocycles. The van der Waals surface area contributed by atoms with Crippen LogP contribution in [0.25, 0.3) is 0 Å². The van der Waals surface area contributed by atoms with E-state index in [9.17, 15) is 0 Å². The minimum absolute atomic E-state index is 0.0211. The van der Waals surface area contributed by atoms with Crippen molar-refractivity contribution in [1.29, 1.82) is 10.8 Å². The average Bonchev–Trinajstić information content (AvgIpc) is 2.65. The summed E-state index contributed by atoms with van der Waals surface area (Å²) >= 11 is 11.8. The molecular formula is C20H26Cl2N6. The lowest BCUT2D eigenvalue weighted by molar-refractivity contribution is 0.647. The Balaban J connectivity index is 1.77. The van der Waals surface area contributed by atoms with Gasteiger partial charge in [-0.05, 0) is 61.4 Å². The standard InChI is InChI=1S/C20H26Cl2N6/c21-15-5-9-17(10-6-15)27(19(23)24)13-3-1-2-4-14-28(20(25)26)18-11-7-16(22)8-12-18/h5-12H,1-4,13-14H2,(H3,23,24)(H3,25,26). The van der Waals surface area contributed by atoms with Gasteiger partial charge < -0.3 is 21.3 Å². The van der Waals surface area contributed by atoms with E-state index in [-0.39, 0.29) is 11.9 Å². The van der Waals surface area contributed by atoms with Crippen molar-refractivity contribution >= 4 is 46.5 Å². The molecule has 0 atom stereocenters. The fraction of sp³-hybridized carbons (Fsp3) is 0.300. The van der Waals surface area contributed by atoms with Crippen LogP contribution < -0.4 is 21.3 Å². The molecule has 0 fully saturated rings. The minimum Gasteiger partial charge on any atom is -0.370 e. The normalized spacial score (nSPS) is 10.5. The van der Waals surface area contributed by atoms with Crippen molar-refractivity contribution in [3.8, 4) is 0 Å². The van der Waals surface area contributed by atoms with Gasteiger partial charge in [-0.15, -0.1) is 0 Å². The van der Waals surface area contributed by atoms with Gasteiger partial charge in [0.05, 0.1) is 0 Å². The first kappa shape index (κ1) is 21.9. The van der Waals surface area contributed by atoms with E-state index < -0.39 is 0 Å². The van der Waals surface area contributed by atoms with Gasteiger partial charge in [-0.25, -0.2) is 0 Å². The summed E-state index contributed by atoms with van der Waals surface area (Å²) in [5.41, 5.74) is 13.2. The molecule has 150 valence electrons. The van der Waals surface area contributed by atoms with E-state index in [0.29, 0.717) is 23.1 Å². The quantitative estimate of drug-likeness (QED) is 0.269. The number of unbranched alkanes of at least 4 members (excludes halogenated alkanes) is 3. The van der Waals surface area contributed by atoms with E-state index >= 15 is 0 Å². The van der Waals surface area contributed by atoms with Gasteiger partial charge in [0.15, 0.2) is 11.9 Å². The van der Waals surface area contributed by atoms with E-state index in [1.807, 2.05) is 24.3 Å². The molecule has 0 spiro atoms. The lowest BCUT2D eigenvalue weighted by Crippen LogP contribution is -2.37. The minimum atomic E-state index is 0.0211. The van der Waals surface area contributed by atoms with Crippen molar-refractivity contribution in [1.82, 2.24) is 0 Å².